The molecule has 0 aliphatic carbocycles. The molecule has 7 nitrogen and oxygen atoms in total. The van der Waals surface area contributed by atoms with E-state index in [1.807, 2.05) is 24.4 Å². The average molecular weight is 428 g/mol. The predicted octanol–water partition coefficient (Wildman–Crippen LogP) is 3.08. The number of piperidine rings is 1. The van der Waals surface area contributed by atoms with Gasteiger partial charge in [-0.25, -0.2) is 19.9 Å². The minimum absolute atomic E-state index is 0.287. The SMILES string of the molecule is CN1[C@@H]2C[C@H](N)C[C@H]1[C@@H](c1cnc3nc(Sc4ccnc(N)c4Cl)ccc3n1)C2. The Morgan fingerprint density at radius 2 is 2.00 bits per heavy atom. The Bertz CT molecular complexity index is 1080. The molecule has 2 aliphatic rings. The van der Waals surface area contributed by atoms with E-state index < -0.39 is 0 Å². The quantitative estimate of drug-likeness (QED) is 0.656. The van der Waals surface area contributed by atoms with E-state index in [0.29, 0.717) is 34.5 Å². The van der Waals surface area contributed by atoms with Crippen LogP contribution in [0.3, 0.4) is 0 Å². The van der Waals surface area contributed by atoms with Gasteiger partial charge < -0.3 is 11.5 Å². The first-order valence-corrected chi connectivity index (χ1v) is 10.9. The summed E-state index contributed by atoms with van der Waals surface area (Å²) in [6, 6.07) is 7.00. The van der Waals surface area contributed by atoms with E-state index in [2.05, 4.69) is 26.9 Å². The smallest absolute Gasteiger partial charge is 0.179 e. The van der Waals surface area contributed by atoms with Crippen LogP contribution in [0.25, 0.3) is 11.2 Å². The molecule has 0 amide bonds. The van der Waals surface area contributed by atoms with E-state index >= 15 is 0 Å². The largest absolute Gasteiger partial charge is 0.382 e. The number of rotatable bonds is 3. The third kappa shape index (κ3) is 3.44. The molecular formula is C20H22ClN7S. The van der Waals surface area contributed by atoms with Gasteiger partial charge >= 0.3 is 0 Å². The van der Waals surface area contributed by atoms with Crippen LogP contribution < -0.4 is 11.5 Å². The van der Waals surface area contributed by atoms with Crippen molar-refractivity contribution in [1.82, 2.24) is 24.8 Å². The van der Waals surface area contributed by atoms with Gasteiger partial charge in [0.05, 0.1) is 16.9 Å². The van der Waals surface area contributed by atoms with Crippen molar-refractivity contribution in [2.45, 2.75) is 53.2 Å². The molecule has 150 valence electrons. The number of nitrogen functional groups attached to an aromatic ring is 1. The number of halogens is 1. The van der Waals surface area contributed by atoms with Gasteiger partial charge in [0, 0.05) is 35.1 Å². The Hall–Kier alpha value is -2.00. The fraction of sp³-hybridized carbons (Fsp3) is 0.400. The minimum atomic E-state index is 0.287. The second kappa shape index (κ2) is 7.36. The molecule has 0 radical (unpaired) electrons. The molecule has 3 aromatic heterocycles. The van der Waals surface area contributed by atoms with Crippen molar-refractivity contribution < 1.29 is 0 Å². The molecule has 5 rings (SSSR count). The Morgan fingerprint density at radius 1 is 1.14 bits per heavy atom. The maximum Gasteiger partial charge on any atom is 0.179 e. The zero-order valence-corrected chi connectivity index (χ0v) is 17.6. The highest BCUT2D eigenvalue weighted by molar-refractivity contribution is 7.99. The fourth-order valence-corrected chi connectivity index (χ4v) is 5.65. The van der Waals surface area contributed by atoms with Crippen LogP contribution in [0.2, 0.25) is 5.02 Å². The summed E-state index contributed by atoms with van der Waals surface area (Å²) in [5.41, 5.74) is 14.5. The van der Waals surface area contributed by atoms with Crippen LogP contribution in [-0.4, -0.2) is 50.0 Å². The number of fused-ring (bicyclic) bond motifs is 3. The molecule has 0 aromatic carbocycles. The van der Waals surface area contributed by atoms with Crippen molar-refractivity contribution in [1.29, 1.82) is 0 Å². The second-order valence-electron chi connectivity index (χ2n) is 7.86. The van der Waals surface area contributed by atoms with Gasteiger partial charge in [-0.3, -0.25) is 4.90 Å². The first kappa shape index (κ1) is 19.0. The zero-order valence-electron chi connectivity index (χ0n) is 16.0. The lowest BCUT2D eigenvalue weighted by Gasteiger charge is -2.35. The lowest BCUT2D eigenvalue weighted by atomic mass is 9.93. The summed E-state index contributed by atoms with van der Waals surface area (Å²) in [6.07, 6.45) is 6.69. The Labute approximate surface area is 178 Å². The number of nitrogens with zero attached hydrogens (tertiary/aromatic N) is 5. The van der Waals surface area contributed by atoms with Crippen LogP contribution in [0.1, 0.15) is 30.9 Å². The number of hydrogen-bond acceptors (Lipinski definition) is 8. The maximum atomic E-state index is 6.25. The number of likely N-dealkylation sites (N-methyl/N-ethyl adjacent to an activating group) is 1. The molecule has 0 spiro atoms. The van der Waals surface area contributed by atoms with Gasteiger partial charge in [-0.15, -0.1) is 0 Å². The Kier molecular flexibility index (Phi) is 4.82. The van der Waals surface area contributed by atoms with Crippen molar-refractivity contribution in [3.05, 3.63) is 41.3 Å². The molecule has 4 atom stereocenters. The number of aromatic nitrogens is 4. The number of anilines is 1. The average Bonchev–Trinajstić information content (AvgIpc) is 2.89. The van der Waals surface area contributed by atoms with E-state index in [-0.39, 0.29) is 6.04 Å². The summed E-state index contributed by atoms with van der Waals surface area (Å²) in [5, 5.41) is 1.23. The van der Waals surface area contributed by atoms with Crippen molar-refractivity contribution in [2.24, 2.45) is 5.73 Å². The second-order valence-corrected chi connectivity index (χ2v) is 9.30. The molecule has 3 aromatic rings. The maximum absolute atomic E-state index is 6.25. The van der Waals surface area contributed by atoms with Crippen LogP contribution in [0, 0.1) is 0 Å². The first-order valence-electron chi connectivity index (χ1n) is 9.68. The summed E-state index contributed by atoms with van der Waals surface area (Å²) in [5.74, 6) is 0.691. The third-order valence-corrected chi connectivity index (χ3v) is 7.59. The highest BCUT2D eigenvalue weighted by Gasteiger charge is 2.45. The topological polar surface area (TPSA) is 107 Å². The van der Waals surface area contributed by atoms with Crippen LogP contribution in [0.15, 0.2) is 40.5 Å². The van der Waals surface area contributed by atoms with E-state index in [1.165, 1.54) is 11.8 Å². The van der Waals surface area contributed by atoms with Crippen molar-refractivity contribution in [3.8, 4) is 0 Å². The van der Waals surface area contributed by atoms with Gasteiger partial charge in [0.15, 0.2) is 5.65 Å². The number of hydrogen-bond donors (Lipinski definition) is 2. The molecule has 4 N–H and O–H groups in total. The first-order chi connectivity index (χ1) is 14.0. The molecule has 2 fully saturated rings. The molecule has 0 saturated carbocycles. The third-order valence-electron chi connectivity index (χ3n) is 6.08. The molecule has 0 unspecified atom stereocenters. The van der Waals surface area contributed by atoms with Crippen molar-refractivity contribution >= 4 is 40.3 Å². The molecule has 5 heterocycles. The van der Waals surface area contributed by atoms with Gasteiger partial charge in [0.25, 0.3) is 0 Å². The standard InChI is InChI=1S/C20H22ClN7S/c1-28-11-6-10(22)7-15(28)12(8-11)14-9-25-20-13(26-14)2-3-17(27-20)29-16-4-5-24-19(23)18(16)21/h2-5,9-12,15H,6-8,22H2,1H3,(H2,23,24)/t10-,11+,12+,15-/m0/s1. The molecular weight excluding hydrogens is 406 g/mol. The summed E-state index contributed by atoms with van der Waals surface area (Å²) in [4.78, 5) is 21.4. The zero-order chi connectivity index (χ0) is 20.1. The van der Waals surface area contributed by atoms with Gasteiger partial charge in [0.1, 0.15) is 16.4 Å². The fourth-order valence-electron chi connectivity index (χ4n) is 4.61. The van der Waals surface area contributed by atoms with E-state index in [0.717, 1.165) is 40.4 Å². The van der Waals surface area contributed by atoms with Crippen LogP contribution in [0.4, 0.5) is 5.82 Å². The van der Waals surface area contributed by atoms with Gasteiger partial charge in [0.2, 0.25) is 0 Å². The van der Waals surface area contributed by atoms with Crippen LogP contribution in [-0.2, 0) is 0 Å². The number of nitrogens with two attached hydrogens (primary N) is 2. The lowest BCUT2D eigenvalue weighted by Crippen LogP contribution is -2.45. The summed E-state index contributed by atoms with van der Waals surface area (Å²) in [7, 11) is 2.21. The molecule has 2 bridgehead atoms. The highest BCUT2D eigenvalue weighted by Crippen LogP contribution is 2.43. The molecule has 2 aliphatic heterocycles. The van der Waals surface area contributed by atoms with Crippen LogP contribution >= 0.6 is 23.4 Å². The summed E-state index contributed by atoms with van der Waals surface area (Å²) >= 11 is 7.68. The summed E-state index contributed by atoms with van der Waals surface area (Å²) < 4.78 is 0. The van der Waals surface area contributed by atoms with Gasteiger partial charge in [-0.1, -0.05) is 23.4 Å². The number of pyridine rings is 2. The Morgan fingerprint density at radius 3 is 2.86 bits per heavy atom. The van der Waals surface area contributed by atoms with Gasteiger partial charge in [-0.2, -0.15) is 0 Å². The normalized spacial score (nSPS) is 26.9. The van der Waals surface area contributed by atoms with Crippen LogP contribution in [0.5, 0.6) is 0 Å². The van der Waals surface area contributed by atoms with E-state index in [9.17, 15) is 0 Å². The Balaban J connectivity index is 1.42. The molecule has 9 heteroatoms. The summed E-state index contributed by atoms with van der Waals surface area (Å²) in [6.45, 7) is 0. The minimum Gasteiger partial charge on any atom is -0.382 e. The monoisotopic (exact) mass is 427 g/mol. The van der Waals surface area contributed by atoms with Gasteiger partial charge in [-0.05, 0) is 44.5 Å². The predicted molar refractivity (Wildman–Crippen MR) is 115 cm³/mol. The molecule has 2 saturated heterocycles. The molecule has 29 heavy (non-hydrogen) atoms. The highest BCUT2D eigenvalue weighted by atomic mass is 35.5. The van der Waals surface area contributed by atoms with Crippen molar-refractivity contribution in [3.63, 3.8) is 0 Å². The lowest BCUT2D eigenvalue weighted by molar-refractivity contribution is 0.158. The van der Waals surface area contributed by atoms with E-state index in [4.69, 9.17) is 28.1 Å². The van der Waals surface area contributed by atoms with E-state index in [1.54, 1.807) is 6.20 Å². The van der Waals surface area contributed by atoms with Crippen molar-refractivity contribution in [2.75, 3.05) is 12.8 Å².